The van der Waals surface area contributed by atoms with Crippen molar-refractivity contribution in [2.45, 2.75) is 12.8 Å². The second kappa shape index (κ2) is 11.0. The van der Waals surface area contributed by atoms with Gasteiger partial charge in [-0.3, -0.25) is 14.9 Å². The van der Waals surface area contributed by atoms with Gasteiger partial charge in [0.15, 0.2) is 11.5 Å². The Morgan fingerprint density at radius 2 is 1.68 bits per heavy atom. The highest BCUT2D eigenvalue weighted by molar-refractivity contribution is 6.42. The molecule has 0 unspecified atom stereocenters. The molecule has 1 aliphatic heterocycles. The topological polar surface area (TPSA) is 84.9 Å². The molecule has 1 N–H and O–H groups in total. The number of carbonyl (C=O) groups excluding carboxylic acids is 3. The van der Waals surface area contributed by atoms with Gasteiger partial charge in [-0.05, 0) is 58.3 Å². The van der Waals surface area contributed by atoms with Gasteiger partial charge in [0, 0.05) is 0 Å². The Kier molecular flexibility index (Phi) is 7.42. The summed E-state index contributed by atoms with van der Waals surface area (Å²) in [6, 6.07) is 19.4. The average molecular weight is 581 g/mol. The number of hydrogen-bond acceptors (Lipinski definition) is 5. The minimum atomic E-state index is -4.75. The first-order valence-electron chi connectivity index (χ1n) is 12.1. The van der Waals surface area contributed by atoms with E-state index in [4.69, 9.17) is 21.1 Å². The number of imide groups is 2. The van der Waals surface area contributed by atoms with E-state index in [1.165, 1.54) is 19.3 Å². The first kappa shape index (κ1) is 27.7. The van der Waals surface area contributed by atoms with Crippen LogP contribution in [0.15, 0.2) is 84.4 Å². The van der Waals surface area contributed by atoms with E-state index in [2.05, 4.69) is 0 Å². The number of carbonyl (C=O) groups is 3. The quantitative estimate of drug-likeness (QED) is 0.201. The van der Waals surface area contributed by atoms with Gasteiger partial charge in [-0.15, -0.1) is 0 Å². The molecule has 0 atom stereocenters. The van der Waals surface area contributed by atoms with Crippen LogP contribution in [0.1, 0.15) is 16.7 Å². The van der Waals surface area contributed by atoms with Crippen LogP contribution < -0.4 is 19.7 Å². The Morgan fingerprint density at radius 1 is 0.927 bits per heavy atom. The first-order chi connectivity index (χ1) is 19.6. The predicted molar refractivity (Wildman–Crippen MR) is 147 cm³/mol. The van der Waals surface area contributed by atoms with Crippen molar-refractivity contribution >= 4 is 52.0 Å². The van der Waals surface area contributed by atoms with Crippen LogP contribution in [0, 0.1) is 0 Å². The minimum absolute atomic E-state index is 0.244. The van der Waals surface area contributed by atoms with Crippen molar-refractivity contribution in [3.05, 3.63) is 106 Å². The fourth-order valence-electron chi connectivity index (χ4n) is 4.37. The zero-order chi connectivity index (χ0) is 29.3. The summed E-state index contributed by atoms with van der Waals surface area (Å²) < 4.78 is 51.3. The number of rotatable bonds is 6. The molecule has 0 spiro atoms. The lowest BCUT2D eigenvalue weighted by molar-refractivity contribution is -0.137. The Balaban J connectivity index is 1.43. The number of nitrogens with one attached hydrogen (secondary N) is 1. The number of nitrogens with zero attached hydrogens (tertiary/aromatic N) is 1. The molecule has 1 saturated heterocycles. The third kappa shape index (κ3) is 5.59. The molecule has 1 aliphatic rings. The maximum Gasteiger partial charge on any atom is 0.416 e. The van der Waals surface area contributed by atoms with Gasteiger partial charge in [-0.2, -0.15) is 13.2 Å². The Labute approximate surface area is 236 Å². The number of fused-ring (bicyclic) bond motifs is 1. The number of hydrogen-bond donors (Lipinski definition) is 1. The predicted octanol–water partition coefficient (Wildman–Crippen LogP) is 6.77. The third-order valence-electron chi connectivity index (χ3n) is 6.38. The number of ether oxygens (including phenoxy) is 2. The van der Waals surface area contributed by atoms with E-state index < -0.39 is 40.8 Å². The van der Waals surface area contributed by atoms with Gasteiger partial charge in [0.2, 0.25) is 0 Å². The van der Waals surface area contributed by atoms with E-state index in [1.54, 1.807) is 12.1 Å². The number of urea groups is 1. The highest BCUT2D eigenvalue weighted by Crippen LogP contribution is 2.37. The molecular weight excluding hydrogens is 561 g/mol. The molecule has 7 nitrogen and oxygen atoms in total. The summed E-state index contributed by atoms with van der Waals surface area (Å²) in [6.07, 6.45) is -3.56. The molecule has 208 valence electrons. The number of barbiturate groups is 1. The molecule has 0 radical (unpaired) electrons. The van der Waals surface area contributed by atoms with Gasteiger partial charge in [0.05, 0.1) is 23.4 Å². The second-order valence-electron chi connectivity index (χ2n) is 8.96. The van der Waals surface area contributed by atoms with Crippen molar-refractivity contribution in [1.29, 1.82) is 0 Å². The smallest absolute Gasteiger partial charge is 0.416 e. The van der Waals surface area contributed by atoms with E-state index in [-0.39, 0.29) is 11.6 Å². The van der Waals surface area contributed by atoms with Crippen LogP contribution in [0.4, 0.5) is 23.7 Å². The molecule has 11 heteroatoms. The van der Waals surface area contributed by atoms with E-state index in [1.807, 2.05) is 47.8 Å². The molecule has 5 rings (SSSR count). The van der Waals surface area contributed by atoms with Crippen LogP contribution in [-0.4, -0.2) is 25.0 Å². The van der Waals surface area contributed by atoms with Crippen LogP contribution >= 0.6 is 11.6 Å². The van der Waals surface area contributed by atoms with Crippen molar-refractivity contribution in [2.75, 3.05) is 12.0 Å². The molecule has 0 saturated carbocycles. The van der Waals surface area contributed by atoms with Gasteiger partial charge < -0.3 is 9.47 Å². The fourth-order valence-corrected chi connectivity index (χ4v) is 4.57. The Hall–Kier alpha value is -4.83. The summed E-state index contributed by atoms with van der Waals surface area (Å²) in [5.41, 5.74) is -0.841. The maximum absolute atomic E-state index is 13.3. The molecule has 4 aromatic carbocycles. The summed E-state index contributed by atoms with van der Waals surface area (Å²) in [4.78, 5) is 38.7. The summed E-state index contributed by atoms with van der Waals surface area (Å²) in [5, 5.41) is 3.79. The number of anilines is 1. The van der Waals surface area contributed by atoms with E-state index in [0.29, 0.717) is 28.0 Å². The van der Waals surface area contributed by atoms with E-state index in [0.717, 1.165) is 28.5 Å². The molecule has 0 aromatic heterocycles. The molecular formula is C30H20ClF3N2O5. The van der Waals surface area contributed by atoms with E-state index >= 15 is 0 Å². The summed E-state index contributed by atoms with van der Waals surface area (Å²) in [5.74, 6) is -1.46. The zero-order valence-corrected chi connectivity index (χ0v) is 22.0. The van der Waals surface area contributed by atoms with Crippen LogP contribution in [0.2, 0.25) is 5.02 Å². The zero-order valence-electron chi connectivity index (χ0n) is 21.3. The first-order valence-corrected chi connectivity index (χ1v) is 12.5. The Bertz CT molecular complexity index is 1730. The van der Waals surface area contributed by atoms with Crippen molar-refractivity contribution in [3.63, 3.8) is 0 Å². The lowest BCUT2D eigenvalue weighted by Gasteiger charge is -2.27. The normalized spacial score (nSPS) is 14.9. The molecule has 0 bridgehead atoms. The number of halogens is 4. The van der Waals surface area contributed by atoms with Crippen LogP contribution in [0.25, 0.3) is 16.8 Å². The summed E-state index contributed by atoms with van der Waals surface area (Å²) in [6.45, 7) is 0.244. The molecule has 0 aliphatic carbocycles. The van der Waals surface area contributed by atoms with Crippen molar-refractivity contribution < 1.29 is 37.0 Å². The lowest BCUT2D eigenvalue weighted by Crippen LogP contribution is -2.54. The molecule has 1 fully saturated rings. The van der Waals surface area contributed by atoms with Crippen molar-refractivity contribution in [2.24, 2.45) is 0 Å². The lowest BCUT2D eigenvalue weighted by atomic mass is 10.0. The van der Waals surface area contributed by atoms with Crippen LogP contribution in [0.5, 0.6) is 11.5 Å². The number of methoxy groups -OCH3 is 1. The summed E-state index contributed by atoms with van der Waals surface area (Å²) >= 11 is 6.04. The average Bonchev–Trinajstić information content (AvgIpc) is 2.94. The highest BCUT2D eigenvalue weighted by Gasteiger charge is 2.39. The third-order valence-corrected chi connectivity index (χ3v) is 6.70. The monoisotopic (exact) mass is 580 g/mol. The van der Waals surface area contributed by atoms with Gasteiger partial charge in [-0.1, -0.05) is 60.1 Å². The molecule has 41 heavy (non-hydrogen) atoms. The van der Waals surface area contributed by atoms with Gasteiger partial charge >= 0.3 is 12.2 Å². The number of alkyl halides is 3. The standard InChI is InChI=1S/C30H20ClF3N2O5/c1-40-26-14-17(9-12-25(26)41-16-19-7-4-6-18-5-2-3-8-21(18)19)13-22-27(37)35-29(39)36(28(22)38)24-15-20(30(32,33)34)10-11-23(24)31/h2-15H,16H2,1H3,(H,35,37,39)/b22-13-. The fraction of sp³-hybridized carbons (Fsp3) is 0.100. The van der Waals surface area contributed by atoms with Gasteiger partial charge in [0.1, 0.15) is 12.2 Å². The number of amides is 4. The van der Waals surface area contributed by atoms with Crippen molar-refractivity contribution in [3.8, 4) is 11.5 Å². The second-order valence-corrected chi connectivity index (χ2v) is 9.37. The minimum Gasteiger partial charge on any atom is -0.493 e. The summed E-state index contributed by atoms with van der Waals surface area (Å²) in [7, 11) is 1.42. The maximum atomic E-state index is 13.3. The van der Waals surface area contributed by atoms with Gasteiger partial charge in [-0.25, -0.2) is 9.69 Å². The van der Waals surface area contributed by atoms with Crippen LogP contribution in [-0.2, 0) is 22.4 Å². The molecule has 4 aromatic rings. The molecule has 4 amide bonds. The SMILES string of the molecule is COc1cc(/C=C2/C(=O)NC(=O)N(c3cc(C(F)(F)F)ccc3Cl)C2=O)ccc1OCc1cccc2ccccc12. The largest absolute Gasteiger partial charge is 0.493 e. The highest BCUT2D eigenvalue weighted by atomic mass is 35.5. The van der Waals surface area contributed by atoms with Crippen LogP contribution in [0.3, 0.4) is 0 Å². The van der Waals surface area contributed by atoms with Gasteiger partial charge in [0.25, 0.3) is 11.8 Å². The molecule has 1 heterocycles. The Morgan fingerprint density at radius 3 is 2.44 bits per heavy atom. The number of benzene rings is 4. The van der Waals surface area contributed by atoms with Crippen molar-refractivity contribution in [1.82, 2.24) is 5.32 Å². The van der Waals surface area contributed by atoms with E-state index in [9.17, 15) is 27.6 Å².